The number of nitrogens with zero attached hydrogens (tertiary/aromatic N) is 1. The van der Waals surface area contributed by atoms with Crippen LogP contribution in [0.4, 0.5) is 4.79 Å². The first-order valence-corrected chi connectivity index (χ1v) is 11.9. The van der Waals surface area contributed by atoms with E-state index in [0.717, 1.165) is 16.7 Å². The number of para-hydroxylation sites is 1. The van der Waals surface area contributed by atoms with Crippen molar-refractivity contribution in [3.05, 3.63) is 70.4 Å². The minimum atomic E-state index is -4.10. The average Bonchev–Trinajstić information content (AvgIpc) is 2.71. The molecule has 164 valence electrons. The number of pyridine rings is 1. The second-order valence-corrected chi connectivity index (χ2v) is 10.1. The van der Waals surface area contributed by atoms with E-state index >= 15 is 0 Å². The number of benzene rings is 2. The van der Waals surface area contributed by atoms with Gasteiger partial charge in [0.25, 0.3) is 10.0 Å². The molecular weight excluding hydrogens is 434 g/mol. The smallest absolute Gasteiger partial charge is 0.328 e. The van der Waals surface area contributed by atoms with Gasteiger partial charge in [0.1, 0.15) is 4.90 Å². The van der Waals surface area contributed by atoms with Crippen LogP contribution in [0, 0.1) is 0 Å². The number of amides is 2. The standard InChI is InChI=1S/C23H26ClN3O3S/c1-14(2)18-11-17(24)12-19(15(3)4)20(18)13-26-23(28)27-31(29,30)21-9-5-7-16-8-6-10-25-22(16)21/h5-12,14-15H,13H2,1-4H3,(H2,26,27,28). The zero-order valence-corrected chi connectivity index (χ0v) is 19.5. The summed E-state index contributed by atoms with van der Waals surface area (Å²) in [7, 11) is -4.10. The van der Waals surface area contributed by atoms with Gasteiger partial charge in [-0.25, -0.2) is 17.9 Å². The molecule has 0 fully saturated rings. The van der Waals surface area contributed by atoms with Crippen LogP contribution in [0.5, 0.6) is 0 Å². The normalized spacial score (nSPS) is 11.8. The van der Waals surface area contributed by atoms with Gasteiger partial charge in [-0.1, -0.05) is 57.5 Å². The van der Waals surface area contributed by atoms with E-state index in [9.17, 15) is 13.2 Å². The molecule has 2 aromatic carbocycles. The van der Waals surface area contributed by atoms with Gasteiger partial charge in [0, 0.05) is 23.2 Å². The molecular formula is C23H26ClN3O3S. The van der Waals surface area contributed by atoms with Gasteiger partial charge < -0.3 is 5.32 Å². The highest BCUT2D eigenvalue weighted by Gasteiger charge is 2.22. The number of fused-ring (bicyclic) bond motifs is 1. The molecule has 3 aromatic rings. The van der Waals surface area contributed by atoms with Crippen LogP contribution in [-0.2, 0) is 16.6 Å². The third-order valence-electron chi connectivity index (χ3n) is 5.07. The summed E-state index contributed by atoms with van der Waals surface area (Å²) in [6.45, 7) is 8.40. The average molecular weight is 460 g/mol. The van der Waals surface area contributed by atoms with Crippen LogP contribution in [0.3, 0.4) is 0 Å². The zero-order chi connectivity index (χ0) is 22.8. The third-order valence-corrected chi connectivity index (χ3v) is 6.65. The highest BCUT2D eigenvalue weighted by Crippen LogP contribution is 2.31. The Balaban J connectivity index is 1.83. The number of halogens is 1. The number of hydrogen-bond acceptors (Lipinski definition) is 4. The molecule has 0 radical (unpaired) electrons. The molecule has 3 rings (SSSR count). The molecule has 2 N–H and O–H groups in total. The Morgan fingerprint density at radius 3 is 2.26 bits per heavy atom. The maximum absolute atomic E-state index is 12.8. The maximum atomic E-state index is 12.8. The lowest BCUT2D eigenvalue weighted by Gasteiger charge is -2.21. The Bertz CT molecular complexity index is 1190. The summed E-state index contributed by atoms with van der Waals surface area (Å²) in [5.41, 5.74) is 3.32. The second-order valence-electron chi connectivity index (χ2n) is 7.99. The fraction of sp³-hybridized carbons (Fsp3) is 0.304. The molecule has 0 unspecified atom stereocenters. The summed E-state index contributed by atoms with van der Waals surface area (Å²) in [6, 6.07) is 11.3. The predicted octanol–water partition coefficient (Wildman–Crippen LogP) is 5.32. The first-order valence-electron chi connectivity index (χ1n) is 10.1. The molecule has 0 saturated carbocycles. The van der Waals surface area contributed by atoms with Gasteiger partial charge >= 0.3 is 6.03 Å². The van der Waals surface area contributed by atoms with Crippen LogP contribution >= 0.6 is 11.6 Å². The Labute approximate surface area is 188 Å². The fourth-order valence-corrected chi connectivity index (χ4v) is 4.93. The predicted molar refractivity (Wildman–Crippen MR) is 124 cm³/mol. The van der Waals surface area contributed by atoms with E-state index in [2.05, 4.69) is 42.7 Å². The number of aromatic nitrogens is 1. The van der Waals surface area contributed by atoms with Crippen molar-refractivity contribution < 1.29 is 13.2 Å². The van der Waals surface area contributed by atoms with Crippen molar-refractivity contribution >= 4 is 38.6 Å². The minimum absolute atomic E-state index is 0.0435. The molecule has 0 atom stereocenters. The quantitative estimate of drug-likeness (QED) is 0.521. The zero-order valence-electron chi connectivity index (χ0n) is 17.9. The van der Waals surface area contributed by atoms with Gasteiger partial charge in [0.2, 0.25) is 0 Å². The molecule has 0 bridgehead atoms. The largest absolute Gasteiger partial charge is 0.333 e. The van der Waals surface area contributed by atoms with Crippen LogP contribution in [0.2, 0.25) is 5.02 Å². The summed E-state index contributed by atoms with van der Waals surface area (Å²) in [4.78, 5) is 16.6. The number of carbonyl (C=O) groups is 1. The lowest BCUT2D eigenvalue weighted by molar-refractivity contribution is 0.245. The molecule has 0 aliphatic carbocycles. The van der Waals surface area contributed by atoms with Gasteiger partial charge in [-0.3, -0.25) is 4.98 Å². The van der Waals surface area contributed by atoms with E-state index in [1.54, 1.807) is 24.3 Å². The van der Waals surface area contributed by atoms with Crippen molar-refractivity contribution in [2.24, 2.45) is 0 Å². The van der Waals surface area contributed by atoms with Crippen LogP contribution in [0.1, 0.15) is 56.2 Å². The summed E-state index contributed by atoms with van der Waals surface area (Å²) in [5, 5.41) is 4.01. The van der Waals surface area contributed by atoms with Gasteiger partial charge in [0.15, 0.2) is 0 Å². The number of urea groups is 1. The van der Waals surface area contributed by atoms with Gasteiger partial charge in [-0.2, -0.15) is 0 Å². The summed E-state index contributed by atoms with van der Waals surface area (Å²) in [6.07, 6.45) is 1.52. The minimum Gasteiger partial charge on any atom is -0.333 e. The molecule has 0 spiro atoms. The molecule has 0 saturated heterocycles. The molecule has 0 aliphatic rings. The Kier molecular flexibility index (Phi) is 6.86. The number of hydrogen-bond donors (Lipinski definition) is 2. The molecule has 2 amide bonds. The first kappa shape index (κ1) is 23.0. The van der Waals surface area contributed by atoms with Gasteiger partial charge in [0.05, 0.1) is 5.52 Å². The Morgan fingerprint density at radius 1 is 1.03 bits per heavy atom. The van der Waals surface area contributed by atoms with E-state index < -0.39 is 16.1 Å². The third kappa shape index (κ3) is 5.17. The van der Waals surface area contributed by atoms with Crippen molar-refractivity contribution in [1.29, 1.82) is 0 Å². The van der Waals surface area contributed by atoms with E-state index in [4.69, 9.17) is 11.6 Å². The Morgan fingerprint density at radius 2 is 1.65 bits per heavy atom. The van der Waals surface area contributed by atoms with Crippen LogP contribution in [-0.4, -0.2) is 19.4 Å². The van der Waals surface area contributed by atoms with Crippen molar-refractivity contribution in [3.63, 3.8) is 0 Å². The van der Waals surface area contributed by atoms with Crippen molar-refractivity contribution in [1.82, 2.24) is 15.0 Å². The lowest BCUT2D eigenvalue weighted by atomic mass is 9.88. The molecule has 1 heterocycles. The van der Waals surface area contributed by atoms with Crippen LogP contribution in [0.25, 0.3) is 10.9 Å². The topological polar surface area (TPSA) is 88.2 Å². The van der Waals surface area contributed by atoms with E-state index in [1.807, 2.05) is 12.1 Å². The van der Waals surface area contributed by atoms with E-state index in [-0.39, 0.29) is 23.3 Å². The van der Waals surface area contributed by atoms with Crippen molar-refractivity contribution in [3.8, 4) is 0 Å². The molecule has 8 heteroatoms. The summed E-state index contributed by atoms with van der Waals surface area (Å²) in [5.74, 6) is 0.392. The van der Waals surface area contributed by atoms with E-state index in [1.165, 1.54) is 12.3 Å². The van der Waals surface area contributed by atoms with Crippen molar-refractivity contribution in [2.45, 2.75) is 51.0 Å². The summed E-state index contributed by atoms with van der Waals surface area (Å²) >= 11 is 6.29. The number of nitrogens with one attached hydrogen (secondary N) is 2. The highest BCUT2D eigenvalue weighted by atomic mass is 35.5. The maximum Gasteiger partial charge on any atom is 0.328 e. The fourth-order valence-electron chi connectivity index (χ4n) is 3.59. The SMILES string of the molecule is CC(C)c1cc(Cl)cc(C(C)C)c1CNC(=O)NS(=O)(=O)c1cccc2cccnc12. The molecule has 6 nitrogen and oxygen atoms in total. The highest BCUT2D eigenvalue weighted by molar-refractivity contribution is 7.90. The van der Waals surface area contributed by atoms with Crippen LogP contribution < -0.4 is 10.0 Å². The number of sulfonamides is 1. The second kappa shape index (κ2) is 9.24. The van der Waals surface area contributed by atoms with Crippen molar-refractivity contribution in [2.75, 3.05) is 0 Å². The molecule has 0 aliphatic heterocycles. The number of rotatable bonds is 6. The van der Waals surface area contributed by atoms with Gasteiger partial charge in [-0.05, 0) is 52.8 Å². The molecule has 31 heavy (non-hydrogen) atoms. The van der Waals surface area contributed by atoms with Gasteiger partial charge in [-0.15, -0.1) is 0 Å². The lowest BCUT2D eigenvalue weighted by Crippen LogP contribution is -2.39. The van der Waals surface area contributed by atoms with E-state index in [0.29, 0.717) is 15.9 Å². The summed E-state index contributed by atoms with van der Waals surface area (Å²) < 4.78 is 27.8. The Hall–Kier alpha value is -2.64. The first-order chi connectivity index (χ1) is 14.6. The molecule has 1 aromatic heterocycles. The van der Waals surface area contributed by atoms with Crippen LogP contribution in [0.15, 0.2) is 53.6 Å². The monoisotopic (exact) mass is 459 g/mol. The number of carbonyl (C=O) groups excluding carboxylic acids is 1.